The van der Waals surface area contributed by atoms with E-state index in [0.717, 1.165) is 12.8 Å². The van der Waals surface area contributed by atoms with Crippen LogP contribution in [-0.2, 0) is 19.9 Å². The van der Waals surface area contributed by atoms with Crippen molar-refractivity contribution in [2.45, 2.75) is 31.4 Å². The summed E-state index contributed by atoms with van der Waals surface area (Å²) in [4.78, 5) is 43.1. The molecular formula is C20H25ClN4O4. The average Bonchev–Trinajstić information content (AvgIpc) is 3.32. The van der Waals surface area contributed by atoms with Crippen LogP contribution in [-0.4, -0.2) is 78.1 Å². The largest absolute Gasteiger partial charge is 0.368 e. The molecule has 3 aliphatic heterocycles. The lowest BCUT2D eigenvalue weighted by atomic mass is 9.92. The summed E-state index contributed by atoms with van der Waals surface area (Å²) in [6, 6.07) is 6.49. The van der Waals surface area contributed by atoms with Crippen LogP contribution in [0, 0.1) is 0 Å². The fraction of sp³-hybridized carbons (Fsp3) is 0.550. The Balaban J connectivity index is 1.36. The fourth-order valence-corrected chi connectivity index (χ4v) is 4.22. The first-order valence-corrected chi connectivity index (χ1v) is 10.3. The van der Waals surface area contributed by atoms with Crippen molar-refractivity contribution in [3.63, 3.8) is 0 Å². The minimum absolute atomic E-state index is 0.0486. The van der Waals surface area contributed by atoms with Crippen LogP contribution in [0.5, 0.6) is 0 Å². The SMILES string of the molecule is CC1(c2ccc(Cl)cc2)NC(=O)N(CN2CCN(C(=O)C3CCCO3)CC2)C1=O. The van der Waals surface area contributed by atoms with Gasteiger partial charge in [0, 0.05) is 37.8 Å². The molecule has 9 heteroatoms. The Labute approximate surface area is 174 Å². The Hall–Kier alpha value is -2.16. The maximum absolute atomic E-state index is 13.0. The maximum atomic E-state index is 13.0. The van der Waals surface area contributed by atoms with Crippen LogP contribution in [0.4, 0.5) is 4.79 Å². The first-order valence-electron chi connectivity index (χ1n) is 9.91. The molecule has 3 saturated heterocycles. The number of carbonyl (C=O) groups excluding carboxylic acids is 3. The Kier molecular flexibility index (Phi) is 5.50. The highest BCUT2D eigenvalue weighted by molar-refractivity contribution is 6.30. The third-order valence-electron chi connectivity index (χ3n) is 5.93. The lowest BCUT2D eigenvalue weighted by Gasteiger charge is -2.36. The number of imide groups is 1. The second-order valence-electron chi connectivity index (χ2n) is 7.88. The van der Waals surface area contributed by atoms with Crippen molar-refractivity contribution < 1.29 is 19.1 Å². The summed E-state index contributed by atoms with van der Waals surface area (Å²) in [5.41, 5.74) is -0.422. The topological polar surface area (TPSA) is 82.2 Å². The predicted molar refractivity (Wildman–Crippen MR) is 106 cm³/mol. The predicted octanol–water partition coefficient (Wildman–Crippen LogP) is 1.39. The molecule has 3 fully saturated rings. The number of piperazine rings is 1. The van der Waals surface area contributed by atoms with E-state index in [4.69, 9.17) is 16.3 Å². The lowest BCUT2D eigenvalue weighted by molar-refractivity contribution is -0.143. The molecule has 0 aliphatic carbocycles. The van der Waals surface area contributed by atoms with Gasteiger partial charge < -0.3 is 15.0 Å². The normalized spacial score (nSPS) is 28.1. The van der Waals surface area contributed by atoms with Gasteiger partial charge in [0.2, 0.25) is 0 Å². The van der Waals surface area contributed by atoms with Gasteiger partial charge in [0.05, 0.1) is 6.67 Å². The Morgan fingerprint density at radius 3 is 2.52 bits per heavy atom. The number of hydrogen-bond donors (Lipinski definition) is 1. The van der Waals surface area contributed by atoms with Crippen molar-refractivity contribution in [1.82, 2.24) is 20.0 Å². The van der Waals surface area contributed by atoms with Gasteiger partial charge in [-0.25, -0.2) is 9.69 Å². The fourth-order valence-electron chi connectivity index (χ4n) is 4.09. The zero-order valence-corrected chi connectivity index (χ0v) is 17.2. The van der Waals surface area contributed by atoms with Crippen molar-refractivity contribution >= 4 is 29.4 Å². The molecule has 0 aromatic heterocycles. The Morgan fingerprint density at radius 1 is 1.21 bits per heavy atom. The molecule has 0 saturated carbocycles. The number of urea groups is 1. The van der Waals surface area contributed by atoms with Crippen LogP contribution < -0.4 is 5.32 Å². The van der Waals surface area contributed by atoms with Crippen molar-refractivity contribution in [2.75, 3.05) is 39.5 Å². The number of ether oxygens (including phenoxy) is 1. The number of benzene rings is 1. The summed E-state index contributed by atoms with van der Waals surface area (Å²) < 4.78 is 5.48. The molecule has 2 atom stereocenters. The van der Waals surface area contributed by atoms with E-state index in [-0.39, 0.29) is 24.6 Å². The number of amides is 4. The minimum Gasteiger partial charge on any atom is -0.368 e. The van der Waals surface area contributed by atoms with Crippen molar-refractivity contribution in [3.05, 3.63) is 34.9 Å². The molecule has 0 radical (unpaired) electrons. The number of rotatable bonds is 4. The smallest absolute Gasteiger partial charge is 0.326 e. The molecular weight excluding hydrogens is 396 g/mol. The molecule has 4 amide bonds. The summed E-state index contributed by atoms with van der Waals surface area (Å²) in [7, 11) is 0. The first-order chi connectivity index (χ1) is 13.9. The van der Waals surface area contributed by atoms with Gasteiger partial charge in [0.1, 0.15) is 11.6 Å². The molecule has 1 aromatic rings. The standard InChI is InChI=1S/C20H25ClN4O4/c1-20(14-4-6-15(21)7-5-14)18(27)25(19(28)22-20)13-23-8-10-24(11-9-23)17(26)16-3-2-12-29-16/h4-7,16H,2-3,8-13H2,1H3,(H,22,28). The van der Waals surface area contributed by atoms with Gasteiger partial charge in [-0.15, -0.1) is 0 Å². The summed E-state index contributed by atoms with van der Waals surface area (Å²) in [6.07, 6.45) is 1.40. The number of hydrogen-bond acceptors (Lipinski definition) is 5. The highest BCUT2D eigenvalue weighted by Gasteiger charge is 2.49. The second-order valence-corrected chi connectivity index (χ2v) is 8.32. The van der Waals surface area contributed by atoms with E-state index in [2.05, 4.69) is 5.32 Å². The zero-order valence-electron chi connectivity index (χ0n) is 16.4. The van der Waals surface area contributed by atoms with Gasteiger partial charge in [-0.05, 0) is 37.5 Å². The van der Waals surface area contributed by atoms with Crippen LogP contribution in [0.2, 0.25) is 5.02 Å². The van der Waals surface area contributed by atoms with Gasteiger partial charge in [-0.3, -0.25) is 14.5 Å². The van der Waals surface area contributed by atoms with Crippen molar-refractivity contribution in [2.24, 2.45) is 0 Å². The molecule has 2 unspecified atom stereocenters. The lowest BCUT2D eigenvalue weighted by Crippen LogP contribution is -2.54. The molecule has 3 aliphatic rings. The number of carbonyl (C=O) groups is 3. The molecule has 1 N–H and O–H groups in total. The van der Waals surface area contributed by atoms with Crippen LogP contribution in [0.3, 0.4) is 0 Å². The molecule has 1 aromatic carbocycles. The van der Waals surface area contributed by atoms with Gasteiger partial charge >= 0.3 is 6.03 Å². The van der Waals surface area contributed by atoms with Gasteiger partial charge in [-0.1, -0.05) is 23.7 Å². The van der Waals surface area contributed by atoms with Crippen LogP contribution in [0.25, 0.3) is 0 Å². The van der Waals surface area contributed by atoms with E-state index in [1.807, 2.05) is 9.80 Å². The first kappa shape index (κ1) is 20.1. The average molecular weight is 421 g/mol. The Morgan fingerprint density at radius 2 is 1.90 bits per heavy atom. The number of nitrogens with zero attached hydrogens (tertiary/aromatic N) is 3. The van der Waals surface area contributed by atoms with Crippen molar-refractivity contribution in [1.29, 1.82) is 0 Å². The van der Waals surface area contributed by atoms with E-state index in [0.29, 0.717) is 43.4 Å². The van der Waals surface area contributed by atoms with Crippen molar-refractivity contribution in [3.8, 4) is 0 Å². The van der Waals surface area contributed by atoms with Gasteiger partial charge in [0.25, 0.3) is 11.8 Å². The quantitative estimate of drug-likeness (QED) is 0.744. The highest BCUT2D eigenvalue weighted by Crippen LogP contribution is 2.30. The summed E-state index contributed by atoms with van der Waals surface area (Å²) in [6.45, 7) is 4.90. The minimum atomic E-state index is -1.11. The monoisotopic (exact) mass is 420 g/mol. The Bertz CT molecular complexity index is 803. The van der Waals surface area contributed by atoms with Crippen LogP contribution >= 0.6 is 11.6 Å². The third kappa shape index (κ3) is 3.84. The molecule has 29 heavy (non-hydrogen) atoms. The summed E-state index contributed by atoms with van der Waals surface area (Å²) in [5.74, 6) is -0.241. The molecule has 3 heterocycles. The molecule has 8 nitrogen and oxygen atoms in total. The second kappa shape index (κ2) is 7.93. The zero-order chi connectivity index (χ0) is 20.6. The molecule has 156 valence electrons. The highest BCUT2D eigenvalue weighted by atomic mass is 35.5. The molecule has 0 bridgehead atoms. The molecule has 0 spiro atoms. The van der Waals surface area contributed by atoms with Gasteiger partial charge in [0.15, 0.2) is 0 Å². The van der Waals surface area contributed by atoms with Crippen LogP contribution in [0.15, 0.2) is 24.3 Å². The van der Waals surface area contributed by atoms with E-state index in [1.165, 1.54) is 4.90 Å². The maximum Gasteiger partial charge on any atom is 0.326 e. The van der Waals surface area contributed by atoms with E-state index in [9.17, 15) is 14.4 Å². The number of halogens is 1. The molecule has 4 rings (SSSR count). The number of nitrogens with one attached hydrogen (secondary N) is 1. The summed E-state index contributed by atoms with van der Waals surface area (Å²) in [5, 5.41) is 3.38. The van der Waals surface area contributed by atoms with E-state index >= 15 is 0 Å². The summed E-state index contributed by atoms with van der Waals surface area (Å²) >= 11 is 5.94. The van der Waals surface area contributed by atoms with Gasteiger partial charge in [-0.2, -0.15) is 0 Å². The third-order valence-corrected chi connectivity index (χ3v) is 6.18. The van der Waals surface area contributed by atoms with E-state index < -0.39 is 11.6 Å². The van der Waals surface area contributed by atoms with Crippen LogP contribution in [0.1, 0.15) is 25.3 Å². The van der Waals surface area contributed by atoms with E-state index in [1.54, 1.807) is 31.2 Å².